The molecule has 7 heteroatoms. The molecule has 0 amide bonds. The molecule has 1 aromatic carbocycles. The van der Waals surface area contributed by atoms with Crippen LogP contribution in [0.15, 0.2) is 74.2 Å². The van der Waals surface area contributed by atoms with E-state index in [2.05, 4.69) is 64.5 Å². The highest BCUT2D eigenvalue weighted by Crippen LogP contribution is 2.32. The van der Waals surface area contributed by atoms with E-state index in [1.165, 1.54) is 6.42 Å². The van der Waals surface area contributed by atoms with Crippen LogP contribution in [0.5, 0.6) is 0 Å². The Balaban J connectivity index is 1.36. The summed E-state index contributed by atoms with van der Waals surface area (Å²) in [6, 6.07) is 10.3. The molecule has 0 radical (unpaired) electrons. The molecule has 0 aliphatic carbocycles. The summed E-state index contributed by atoms with van der Waals surface area (Å²) < 4.78 is 7.83. The third-order valence-electron chi connectivity index (χ3n) is 7.26. The number of piperidine rings is 2. The van der Waals surface area contributed by atoms with Crippen LogP contribution in [-0.4, -0.2) is 53.7 Å². The lowest BCUT2D eigenvalue weighted by Crippen LogP contribution is -2.37. The predicted octanol–water partition coefficient (Wildman–Crippen LogP) is 5.09. The Morgan fingerprint density at radius 2 is 1.86 bits per heavy atom. The van der Waals surface area contributed by atoms with Crippen LogP contribution in [0.4, 0.5) is 17.2 Å². The van der Waals surface area contributed by atoms with E-state index >= 15 is 0 Å². The molecule has 1 unspecified atom stereocenters. The van der Waals surface area contributed by atoms with Gasteiger partial charge in [-0.05, 0) is 67.5 Å². The summed E-state index contributed by atoms with van der Waals surface area (Å²) in [6.45, 7) is 12.2. The lowest BCUT2D eigenvalue weighted by atomic mass is 9.98. The molecule has 2 fully saturated rings. The second kappa shape index (κ2) is 11.0. The number of hydrogen-bond donors (Lipinski definition) is 1. The fraction of sp³-hybridized carbons (Fsp3) is 0.379. The quantitative estimate of drug-likeness (QED) is 0.355. The smallest absolute Gasteiger partial charge is 0.129 e. The molecule has 0 saturated carbocycles. The normalized spacial score (nSPS) is 18.8. The van der Waals surface area contributed by atoms with Gasteiger partial charge in [0.05, 0.1) is 30.3 Å². The van der Waals surface area contributed by atoms with Crippen molar-refractivity contribution in [2.24, 2.45) is 5.92 Å². The first kappa shape index (κ1) is 24.1. The van der Waals surface area contributed by atoms with E-state index in [4.69, 9.17) is 15.6 Å². The van der Waals surface area contributed by atoms with Gasteiger partial charge < -0.3 is 20.3 Å². The highest BCUT2D eigenvalue weighted by Gasteiger charge is 2.23. The Kier molecular flexibility index (Phi) is 7.37. The maximum atomic E-state index is 6.20. The Hall–Kier alpha value is -3.58. The first-order valence-electron chi connectivity index (χ1n) is 12.9. The van der Waals surface area contributed by atoms with Gasteiger partial charge in [0.15, 0.2) is 0 Å². The van der Waals surface area contributed by atoms with Crippen molar-refractivity contribution in [1.29, 1.82) is 0 Å². The van der Waals surface area contributed by atoms with E-state index in [0.29, 0.717) is 12.5 Å². The number of hydrogen-bond acceptors (Lipinski definition) is 6. The van der Waals surface area contributed by atoms with Crippen molar-refractivity contribution in [3.05, 3.63) is 74.2 Å². The summed E-state index contributed by atoms with van der Waals surface area (Å²) >= 11 is 0. The summed E-state index contributed by atoms with van der Waals surface area (Å²) in [5.74, 6) is 1.54. The van der Waals surface area contributed by atoms with Crippen molar-refractivity contribution >= 4 is 17.2 Å². The van der Waals surface area contributed by atoms with Crippen molar-refractivity contribution in [2.75, 3.05) is 48.3 Å². The molecule has 2 N–H and O–H groups in total. The fourth-order valence-corrected chi connectivity index (χ4v) is 5.24. The number of nitrogens with zero attached hydrogens (tertiary/aromatic N) is 5. The summed E-state index contributed by atoms with van der Waals surface area (Å²) in [7, 11) is 0. The Bertz CT molecular complexity index is 1200. The van der Waals surface area contributed by atoms with Gasteiger partial charge in [0.2, 0.25) is 0 Å². The topological polar surface area (TPSA) is 72.4 Å². The molecule has 0 bridgehead atoms. The number of ether oxygens (including phenoxy) is 1. The number of pyridine rings is 1. The van der Waals surface area contributed by atoms with E-state index in [9.17, 15) is 0 Å². The zero-order valence-electron chi connectivity index (χ0n) is 20.9. The Morgan fingerprint density at radius 1 is 1.00 bits per heavy atom. The zero-order chi connectivity index (χ0) is 24.9. The van der Waals surface area contributed by atoms with Crippen LogP contribution in [-0.2, 0) is 4.74 Å². The molecule has 4 heterocycles. The average Bonchev–Trinajstić information content (AvgIpc) is 3.42. The summed E-state index contributed by atoms with van der Waals surface area (Å²) in [5, 5.41) is 4.74. The number of aromatic nitrogens is 3. The van der Waals surface area contributed by atoms with Crippen LogP contribution in [0.2, 0.25) is 0 Å². The summed E-state index contributed by atoms with van der Waals surface area (Å²) in [6.07, 6.45) is 14.4. The second-order valence-corrected chi connectivity index (χ2v) is 9.72. The van der Waals surface area contributed by atoms with Gasteiger partial charge >= 0.3 is 0 Å². The molecule has 188 valence electrons. The highest BCUT2D eigenvalue weighted by molar-refractivity contribution is 5.70. The highest BCUT2D eigenvalue weighted by atomic mass is 16.5. The maximum absolute atomic E-state index is 6.20. The number of anilines is 3. The summed E-state index contributed by atoms with van der Waals surface area (Å²) in [5.41, 5.74) is 11.3. The van der Waals surface area contributed by atoms with Crippen molar-refractivity contribution in [1.82, 2.24) is 14.8 Å². The van der Waals surface area contributed by atoms with Gasteiger partial charge in [-0.3, -0.25) is 0 Å². The molecule has 3 aromatic rings. The number of benzene rings is 1. The van der Waals surface area contributed by atoms with Crippen LogP contribution in [0.25, 0.3) is 16.8 Å². The SMILES string of the molecule is C=CCOC1CCN(c2cc(N)ccc2-n2cc(-c3ccnc(N4CCCC(C=C)C4)c3)cn2)CC1. The maximum Gasteiger partial charge on any atom is 0.129 e. The van der Waals surface area contributed by atoms with Crippen LogP contribution in [0.3, 0.4) is 0 Å². The first-order chi connectivity index (χ1) is 17.6. The minimum atomic E-state index is 0.280. The van der Waals surface area contributed by atoms with Crippen molar-refractivity contribution in [3.8, 4) is 16.8 Å². The Labute approximate surface area is 213 Å². The van der Waals surface area contributed by atoms with Crippen LogP contribution >= 0.6 is 0 Å². The van der Waals surface area contributed by atoms with E-state index in [0.717, 1.165) is 79.4 Å². The number of nitrogen functional groups attached to an aromatic ring is 1. The molecular formula is C29H36N6O. The minimum absolute atomic E-state index is 0.280. The molecule has 2 aliphatic heterocycles. The van der Waals surface area contributed by atoms with Crippen LogP contribution < -0.4 is 15.5 Å². The van der Waals surface area contributed by atoms with E-state index < -0.39 is 0 Å². The predicted molar refractivity (Wildman–Crippen MR) is 148 cm³/mol. The van der Waals surface area contributed by atoms with Crippen molar-refractivity contribution in [2.45, 2.75) is 31.8 Å². The van der Waals surface area contributed by atoms with Crippen LogP contribution in [0.1, 0.15) is 25.7 Å². The third-order valence-corrected chi connectivity index (χ3v) is 7.26. The first-order valence-corrected chi connectivity index (χ1v) is 12.9. The molecule has 2 saturated heterocycles. The third kappa shape index (κ3) is 5.31. The second-order valence-electron chi connectivity index (χ2n) is 9.72. The van der Waals surface area contributed by atoms with Gasteiger partial charge in [-0.1, -0.05) is 12.2 Å². The molecular weight excluding hydrogens is 448 g/mol. The average molecular weight is 485 g/mol. The van der Waals surface area contributed by atoms with E-state index in [1.54, 1.807) is 0 Å². The van der Waals surface area contributed by atoms with E-state index in [1.807, 2.05) is 29.2 Å². The lowest BCUT2D eigenvalue weighted by Gasteiger charge is -2.34. The standard InChI is InChI=1S/C29H36N6O/c1-3-16-36-26-10-14-33(15-11-26)28-18-25(30)7-8-27(28)35-21-24(19-32-35)23-9-12-31-29(17-23)34-13-5-6-22(4-2)20-34/h3-4,7-9,12,17-19,21-22,26H,1-2,5-6,10-11,13-16,20,30H2. The number of nitrogens with two attached hydrogens (primary N) is 1. The number of rotatable bonds is 8. The van der Waals surface area contributed by atoms with Crippen molar-refractivity contribution < 1.29 is 4.74 Å². The van der Waals surface area contributed by atoms with Gasteiger partial charge in [-0.15, -0.1) is 13.2 Å². The van der Waals surface area contributed by atoms with Crippen LogP contribution in [0, 0.1) is 5.92 Å². The molecule has 7 nitrogen and oxygen atoms in total. The summed E-state index contributed by atoms with van der Waals surface area (Å²) in [4.78, 5) is 9.41. The Morgan fingerprint density at radius 3 is 2.67 bits per heavy atom. The molecule has 2 aromatic heterocycles. The molecule has 2 aliphatic rings. The van der Waals surface area contributed by atoms with Gasteiger partial charge in [0.25, 0.3) is 0 Å². The van der Waals surface area contributed by atoms with E-state index in [-0.39, 0.29) is 6.10 Å². The van der Waals surface area contributed by atoms with Crippen molar-refractivity contribution in [3.63, 3.8) is 0 Å². The molecule has 0 spiro atoms. The largest absolute Gasteiger partial charge is 0.399 e. The monoisotopic (exact) mass is 484 g/mol. The minimum Gasteiger partial charge on any atom is -0.399 e. The van der Waals surface area contributed by atoms with Gasteiger partial charge in [-0.25, -0.2) is 9.67 Å². The zero-order valence-corrected chi connectivity index (χ0v) is 20.9. The fourth-order valence-electron chi connectivity index (χ4n) is 5.24. The lowest BCUT2D eigenvalue weighted by molar-refractivity contribution is 0.0563. The van der Waals surface area contributed by atoms with Gasteiger partial charge in [0, 0.05) is 49.8 Å². The molecule has 5 rings (SSSR count). The molecule has 1 atom stereocenters. The van der Waals surface area contributed by atoms with Gasteiger partial charge in [0.1, 0.15) is 5.82 Å². The van der Waals surface area contributed by atoms with Gasteiger partial charge in [-0.2, -0.15) is 5.10 Å². The molecule has 36 heavy (non-hydrogen) atoms.